The Kier molecular flexibility index (Phi) is 10.0. The molecule has 5 atom stereocenters. The SMILES string of the molecule is Cc1c(Cc2ccc(OC(C)C)cc2)c(OC(O)[C@H]2OC[C@@](O)(C(=O)OCC(C)C)[C@@H](O)[C@@H]2O)nn1C(C)C. The van der Waals surface area contributed by atoms with Crippen molar-refractivity contribution in [3.05, 3.63) is 41.1 Å². The number of aliphatic hydroxyl groups is 4. The quantitative estimate of drug-likeness (QED) is 0.241. The van der Waals surface area contributed by atoms with E-state index < -0.39 is 42.8 Å². The zero-order valence-electron chi connectivity index (χ0n) is 23.7. The smallest absolute Gasteiger partial charge is 0.343 e. The predicted molar refractivity (Wildman–Crippen MR) is 141 cm³/mol. The summed E-state index contributed by atoms with van der Waals surface area (Å²) in [5, 5.41) is 47.4. The van der Waals surface area contributed by atoms with Gasteiger partial charge in [-0.05, 0) is 58.2 Å². The van der Waals surface area contributed by atoms with Gasteiger partial charge in [-0.15, -0.1) is 5.10 Å². The first-order valence-corrected chi connectivity index (χ1v) is 13.3. The summed E-state index contributed by atoms with van der Waals surface area (Å²) in [5.74, 6) is -0.222. The number of aromatic nitrogens is 2. The van der Waals surface area contributed by atoms with E-state index in [1.165, 1.54) is 0 Å². The molecular formula is C28H42N2O9. The molecule has 3 rings (SSSR count). The molecule has 1 aromatic carbocycles. The Hall–Kier alpha value is -2.70. The molecule has 0 bridgehead atoms. The minimum Gasteiger partial charge on any atom is -0.491 e. The number of carbonyl (C=O) groups excluding carboxylic acids is 1. The Morgan fingerprint density at radius 1 is 1.13 bits per heavy atom. The van der Waals surface area contributed by atoms with Gasteiger partial charge in [0.15, 0.2) is 0 Å². The molecule has 1 aliphatic rings. The maximum atomic E-state index is 12.4. The van der Waals surface area contributed by atoms with Gasteiger partial charge in [0.25, 0.3) is 0 Å². The second-order valence-electron chi connectivity index (χ2n) is 11.0. The normalized spacial score (nSPS) is 24.3. The third kappa shape index (κ3) is 7.09. The number of carbonyl (C=O) groups is 1. The van der Waals surface area contributed by atoms with E-state index in [-0.39, 0.29) is 30.6 Å². The molecule has 0 amide bonds. The molecule has 1 saturated heterocycles. The highest BCUT2D eigenvalue weighted by Gasteiger charge is 2.56. The van der Waals surface area contributed by atoms with Crippen LogP contribution >= 0.6 is 0 Å². The van der Waals surface area contributed by atoms with Crippen molar-refractivity contribution in [2.24, 2.45) is 5.92 Å². The third-order valence-corrected chi connectivity index (χ3v) is 6.46. The van der Waals surface area contributed by atoms with Gasteiger partial charge < -0.3 is 39.4 Å². The molecule has 218 valence electrons. The van der Waals surface area contributed by atoms with Crippen LogP contribution in [0.15, 0.2) is 24.3 Å². The Labute approximate surface area is 229 Å². The molecule has 0 saturated carbocycles. The average molecular weight is 551 g/mol. The molecule has 0 aliphatic carbocycles. The molecule has 2 aromatic rings. The van der Waals surface area contributed by atoms with Crippen molar-refractivity contribution in [2.45, 2.75) is 97.2 Å². The summed E-state index contributed by atoms with van der Waals surface area (Å²) in [6.45, 7) is 12.7. The van der Waals surface area contributed by atoms with Crippen molar-refractivity contribution < 1.29 is 44.2 Å². The van der Waals surface area contributed by atoms with Crippen LogP contribution in [0.3, 0.4) is 0 Å². The molecule has 1 unspecified atom stereocenters. The fourth-order valence-electron chi connectivity index (χ4n) is 4.34. The van der Waals surface area contributed by atoms with E-state index in [0.29, 0.717) is 6.42 Å². The Morgan fingerprint density at radius 3 is 2.33 bits per heavy atom. The molecule has 39 heavy (non-hydrogen) atoms. The number of rotatable bonds is 11. The standard InChI is InChI=1S/C28H42N2O9/c1-15(2)13-36-27(34)28(35)14-37-23(22(31)24(28)32)26(33)39-25-21(18(7)30(29-25)16(3)4)12-19-8-10-20(11-9-19)38-17(5)6/h8-11,15-17,22-24,26,31-33,35H,12-14H2,1-7H3/t22-,23+,24+,26?,28+/m1/s1. The zero-order valence-corrected chi connectivity index (χ0v) is 23.7. The molecule has 0 radical (unpaired) electrons. The van der Waals surface area contributed by atoms with E-state index >= 15 is 0 Å². The van der Waals surface area contributed by atoms with Crippen molar-refractivity contribution >= 4 is 5.97 Å². The molecule has 0 spiro atoms. The van der Waals surface area contributed by atoms with E-state index in [0.717, 1.165) is 22.6 Å². The Bertz CT molecular complexity index is 1100. The number of ether oxygens (including phenoxy) is 4. The summed E-state index contributed by atoms with van der Waals surface area (Å²) in [5.41, 5.74) is 0.0324. The van der Waals surface area contributed by atoms with Crippen LogP contribution < -0.4 is 9.47 Å². The number of nitrogens with zero attached hydrogens (tertiary/aromatic N) is 2. The molecule has 1 aromatic heterocycles. The maximum absolute atomic E-state index is 12.4. The molecule has 11 heteroatoms. The van der Waals surface area contributed by atoms with Gasteiger partial charge in [0.2, 0.25) is 17.8 Å². The van der Waals surface area contributed by atoms with E-state index in [4.69, 9.17) is 18.9 Å². The summed E-state index contributed by atoms with van der Waals surface area (Å²) in [4.78, 5) is 12.4. The first kappa shape index (κ1) is 30.8. The fraction of sp³-hybridized carbons (Fsp3) is 0.643. The van der Waals surface area contributed by atoms with Crippen molar-refractivity contribution in [1.82, 2.24) is 9.78 Å². The van der Waals surface area contributed by atoms with E-state index in [2.05, 4.69) is 5.10 Å². The van der Waals surface area contributed by atoms with Crippen LogP contribution in [0.5, 0.6) is 11.6 Å². The Balaban J connectivity index is 1.78. The van der Waals surface area contributed by atoms with Crippen molar-refractivity contribution in [3.8, 4) is 11.6 Å². The highest BCUT2D eigenvalue weighted by molar-refractivity contribution is 5.80. The van der Waals surface area contributed by atoms with Crippen molar-refractivity contribution in [3.63, 3.8) is 0 Å². The summed E-state index contributed by atoms with van der Waals surface area (Å²) in [6.07, 6.45) is -6.56. The first-order chi connectivity index (χ1) is 18.2. The van der Waals surface area contributed by atoms with Gasteiger partial charge >= 0.3 is 5.97 Å². The second kappa shape index (κ2) is 12.6. The molecule has 11 nitrogen and oxygen atoms in total. The lowest BCUT2D eigenvalue weighted by atomic mass is 9.87. The second-order valence-corrected chi connectivity index (χ2v) is 11.0. The van der Waals surface area contributed by atoms with Gasteiger partial charge in [-0.2, -0.15) is 0 Å². The highest BCUT2D eigenvalue weighted by Crippen LogP contribution is 2.32. The van der Waals surface area contributed by atoms with Crippen molar-refractivity contribution in [1.29, 1.82) is 0 Å². The predicted octanol–water partition coefficient (Wildman–Crippen LogP) is 1.90. The minimum atomic E-state index is -2.49. The van der Waals surface area contributed by atoms with Crippen LogP contribution in [0.2, 0.25) is 0 Å². The largest absolute Gasteiger partial charge is 0.491 e. The highest BCUT2D eigenvalue weighted by atomic mass is 16.6. The topological polar surface area (TPSA) is 153 Å². The van der Waals surface area contributed by atoms with Crippen LogP contribution in [-0.2, 0) is 20.7 Å². The maximum Gasteiger partial charge on any atom is 0.343 e. The van der Waals surface area contributed by atoms with Crippen LogP contribution in [0.25, 0.3) is 0 Å². The third-order valence-electron chi connectivity index (χ3n) is 6.46. The van der Waals surface area contributed by atoms with Crippen molar-refractivity contribution in [2.75, 3.05) is 13.2 Å². The zero-order chi connectivity index (χ0) is 29.1. The summed E-state index contributed by atoms with van der Waals surface area (Å²) < 4.78 is 23.7. The lowest BCUT2D eigenvalue weighted by Crippen LogP contribution is -2.67. The summed E-state index contributed by atoms with van der Waals surface area (Å²) in [6, 6.07) is 7.65. The van der Waals surface area contributed by atoms with Gasteiger partial charge in [-0.3, -0.25) is 4.68 Å². The van der Waals surface area contributed by atoms with Gasteiger partial charge in [0.1, 0.15) is 24.1 Å². The fourth-order valence-corrected chi connectivity index (χ4v) is 4.34. The number of hydrogen-bond donors (Lipinski definition) is 4. The van der Waals surface area contributed by atoms with Gasteiger partial charge in [0, 0.05) is 23.7 Å². The lowest BCUT2D eigenvalue weighted by molar-refractivity contribution is -0.273. The summed E-state index contributed by atoms with van der Waals surface area (Å²) >= 11 is 0. The lowest BCUT2D eigenvalue weighted by Gasteiger charge is -2.42. The first-order valence-electron chi connectivity index (χ1n) is 13.3. The minimum absolute atomic E-state index is 0.00158. The molecule has 1 fully saturated rings. The van der Waals surface area contributed by atoms with E-state index in [1.807, 2.05) is 72.7 Å². The van der Waals surface area contributed by atoms with Crippen LogP contribution in [-0.4, -0.2) is 85.7 Å². The van der Waals surface area contributed by atoms with Gasteiger partial charge in [0.05, 0.1) is 19.3 Å². The average Bonchev–Trinajstić information content (AvgIpc) is 3.16. The van der Waals surface area contributed by atoms with Gasteiger partial charge in [-0.1, -0.05) is 26.0 Å². The molecule has 1 aliphatic heterocycles. The van der Waals surface area contributed by atoms with Gasteiger partial charge in [-0.25, -0.2) is 4.79 Å². The number of esters is 1. The monoisotopic (exact) mass is 550 g/mol. The van der Waals surface area contributed by atoms with E-state index in [1.54, 1.807) is 4.68 Å². The molecule has 4 N–H and O–H groups in total. The van der Waals surface area contributed by atoms with Crippen LogP contribution in [0, 0.1) is 12.8 Å². The molecular weight excluding hydrogens is 508 g/mol. The van der Waals surface area contributed by atoms with E-state index in [9.17, 15) is 25.2 Å². The van der Waals surface area contributed by atoms with Crippen LogP contribution in [0.1, 0.15) is 64.4 Å². The number of benzene rings is 1. The van der Waals surface area contributed by atoms with Crippen LogP contribution in [0.4, 0.5) is 0 Å². The molecule has 2 heterocycles. The Morgan fingerprint density at radius 2 is 1.77 bits per heavy atom. The number of aliphatic hydroxyl groups excluding tert-OH is 3. The number of hydrogen-bond acceptors (Lipinski definition) is 10. The summed E-state index contributed by atoms with van der Waals surface area (Å²) in [7, 11) is 0.